The summed E-state index contributed by atoms with van der Waals surface area (Å²) in [5, 5.41) is 7.75. The third-order valence-electron chi connectivity index (χ3n) is 3.30. The number of anilines is 1. The molecular formula is C14H13N3O3. The molecule has 1 aliphatic heterocycles. The monoisotopic (exact) mass is 271 g/mol. The minimum atomic E-state index is -0.550. The molecule has 102 valence electrons. The molecule has 1 aliphatic rings. The van der Waals surface area contributed by atoms with Crippen LogP contribution in [0.4, 0.5) is 5.69 Å². The van der Waals surface area contributed by atoms with Crippen molar-refractivity contribution < 1.29 is 14.0 Å². The van der Waals surface area contributed by atoms with Crippen LogP contribution >= 0.6 is 0 Å². The maximum atomic E-state index is 12.1. The second-order valence-corrected chi connectivity index (χ2v) is 4.63. The van der Waals surface area contributed by atoms with Gasteiger partial charge >= 0.3 is 0 Å². The van der Waals surface area contributed by atoms with E-state index >= 15 is 0 Å². The number of para-hydroxylation sites is 1. The third kappa shape index (κ3) is 1.80. The zero-order valence-corrected chi connectivity index (χ0v) is 11.2. The average Bonchev–Trinajstić information content (AvgIpc) is 2.99. The summed E-state index contributed by atoms with van der Waals surface area (Å²) in [6.07, 6.45) is 0.634. The number of amides is 1. The smallest absolute Gasteiger partial charge is 0.299 e. The topological polar surface area (TPSA) is 76.3 Å². The zero-order valence-electron chi connectivity index (χ0n) is 11.2. The van der Waals surface area contributed by atoms with Crippen molar-refractivity contribution in [3.63, 3.8) is 0 Å². The van der Waals surface area contributed by atoms with E-state index in [0.29, 0.717) is 29.5 Å². The Morgan fingerprint density at radius 1 is 1.20 bits per heavy atom. The van der Waals surface area contributed by atoms with Crippen molar-refractivity contribution in [3.05, 3.63) is 41.1 Å². The molecule has 0 fully saturated rings. The first-order valence-corrected chi connectivity index (χ1v) is 6.39. The van der Waals surface area contributed by atoms with Gasteiger partial charge in [-0.15, -0.1) is 10.2 Å². The van der Waals surface area contributed by atoms with Crippen LogP contribution in [0, 0.1) is 6.92 Å². The van der Waals surface area contributed by atoms with Crippen LogP contribution in [0.25, 0.3) is 0 Å². The molecule has 0 spiro atoms. The molecule has 1 amide bonds. The molecule has 0 radical (unpaired) electrons. The predicted molar refractivity (Wildman–Crippen MR) is 70.4 cm³/mol. The number of Topliss-reactive ketones (excluding diaryl/α,β-unsaturated/α-hetero) is 1. The van der Waals surface area contributed by atoms with E-state index in [-0.39, 0.29) is 6.54 Å². The van der Waals surface area contributed by atoms with E-state index in [2.05, 4.69) is 10.2 Å². The second kappa shape index (κ2) is 4.56. The molecular weight excluding hydrogens is 258 g/mol. The zero-order chi connectivity index (χ0) is 14.3. The van der Waals surface area contributed by atoms with E-state index in [9.17, 15) is 9.59 Å². The molecule has 0 atom stereocenters. The van der Waals surface area contributed by atoms with Gasteiger partial charge in [-0.25, -0.2) is 0 Å². The standard InChI is InChI=1S/C14H13N3O3/c1-3-10-15-16-11(20-10)7-17-12-8(2)5-4-6-9(12)13(18)14(17)19/h4-6H,3,7H2,1-2H3. The molecule has 1 aromatic heterocycles. The van der Waals surface area contributed by atoms with Gasteiger partial charge < -0.3 is 4.42 Å². The number of aryl methyl sites for hydroxylation is 2. The van der Waals surface area contributed by atoms with Gasteiger partial charge in [-0.05, 0) is 18.6 Å². The van der Waals surface area contributed by atoms with Gasteiger partial charge in [0.15, 0.2) is 0 Å². The van der Waals surface area contributed by atoms with Crippen LogP contribution in [0.15, 0.2) is 22.6 Å². The van der Waals surface area contributed by atoms with Crippen molar-refractivity contribution in [3.8, 4) is 0 Å². The number of carbonyl (C=O) groups excluding carboxylic acids is 2. The number of nitrogens with zero attached hydrogens (tertiary/aromatic N) is 3. The van der Waals surface area contributed by atoms with Crippen LogP contribution < -0.4 is 4.90 Å². The molecule has 0 aliphatic carbocycles. The third-order valence-corrected chi connectivity index (χ3v) is 3.30. The van der Waals surface area contributed by atoms with Gasteiger partial charge in [0.1, 0.15) is 6.54 Å². The van der Waals surface area contributed by atoms with Crippen LogP contribution in [-0.2, 0) is 17.8 Å². The van der Waals surface area contributed by atoms with Crippen molar-refractivity contribution in [1.82, 2.24) is 10.2 Å². The van der Waals surface area contributed by atoms with Crippen molar-refractivity contribution in [2.24, 2.45) is 0 Å². The lowest BCUT2D eigenvalue weighted by molar-refractivity contribution is -0.114. The number of hydrogen-bond donors (Lipinski definition) is 0. The minimum Gasteiger partial charge on any atom is -0.423 e. The molecule has 3 rings (SSSR count). The molecule has 6 nitrogen and oxygen atoms in total. The first-order chi connectivity index (χ1) is 9.61. The molecule has 0 bridgehead atoms. The fraction of sp³-hybridized carbons (Fsp3) is 0.286. The van der Waals surface area contributed by atoms with Crippen molar-refractivity contribution >= 4 is 17.4 Å². The number of fused-ring (bicyclic) bond motifs is 1. The van der Waals surface area contributed by atoms with Gasteiger partial charge in [0.05, 0.1) is 11.3 Å². The maximum absolute atomic E-state index is 12.1. The number of benzene rings is 1. The van der Waals surface area contributed by atoms with E-state index in [1.54, 1.807) is 12.1 Å². The Labute approximate surface area is 115 Å². The molecule has 6 heteroatoms. The lowest BCUT2D eigenvalue weighted by Gasteiger charge is -2.15. The van der Waals surface area contributed by atoms with Crippen LogP contribution in [-0.4, -0.2) is 21.9 Å². The van der Waals surface area contributed by atoms with Gasteiger partial charge in [-0.3, -0.25) is 14.5 Å². The van der Waals surface area contributed by atoms with Crippen molar-refractivity contribution in [2.75, 3.05) is 4.90 Å². The predicted octanol–water partition coefficient (Wildman–Crippen LogP) is 1.67. The van der Waals surface area contributed by atoms with Gasteiger partial charge in [0, 0.05) is 6.42 Å². The second-order valence-electron chi connectivity index (χ2n) is 4.63. The lowest BCUT2D eigenvalue weighted by Crippen LogP contribution is -2.29. The summed E-state index contributed by atoms with van der Waals surface area (Å²) in [4.78, 5) is 25.4. The highest BCUT2D eigenvalue weighted by molar-refractivity contribution is 6.52. The van der Waals surface area contributed by atoms with Crippen molar-refractivity contribution in [1.29, 1.82) is 0 Å². The fourth-order valence-corrected chi connectivity index (χ4v) is 2.32. The van der Waals surface area contributed by atoms with Crippen LogP contribution in [0.3, 0.4) is 0 Å². The molecule has 20 heavy (non-hydrogen) atoms. The Bertz CT molecular complexity index is 705. The summed E-state index contributed by atoms with van der Waals surface area (Å²) in [6, 6.07) is 5.29. The Morgan fingerprint density at radius 3 is 2.65 bits per heavy atom. The fourth-order valence-electron chi connectivity index (χ4n) is 2.32. The van der Waals surface area contributed by atoms with E-state index in [1.165, 1.54) is 4.90 Å². The first-order valence-electron chi connectivity index (χ1n) is 6.39. The highest BCUT2D eigenvalue weighted by Crippen LogP contribution is 2.33. The Kier molecular flexibility index (Phi) is 2.85. The van der Waals surface area contributed by atoms with E-state index in [1.807, 2.05) is 19.9 Å². The SMILES string of the molecule is CCc1nnc(CN2C(=O)C(=O)c3cccc(C)c32)o1. The molecule has 1 aromatic carbocycles. The summed E-state index contributed by atoms with van der Waals surface area (Å²) >= 11 is 0. The maximum Gasteiger partial charge on any atom is 0.299 e. The highest BCUT2D eigenvalue weighted by Gasteiger charge is 2.37. The number of aromatic nitrogens is 2. The quantitative estimate of drug-likeness (QED) is 0.794. The molecule has 2 heterocycles. The van der Waals surface area contributed by atoms with Crippen LogP contribution in [0.1, 0.15) is 34.6 Å². The Balaban J connectivity index is 1.98. The summed E-state index contributed by atoms with van der Waals surface area (Å²) < 4.78 is 5.41. The molecule has 0 unspecified atom stereocenters. The normalized spacial score (nSPS) is 14.0. The van der Waals surface area contributed by atoms with E-state index < -0.39 is 11.7 Å². The number of carbonyl (C=O) groups is 2. The summed E-state index contributed by atoms with van der Waals surface area (Å²) in [7, 11) is 0. The van der Waals surface area contributed by atoms with Gasteiger partial charge in [-0.1, -0.05) is 19.1 Å². The summed E-state index contributed by atoms with van der Waals surface area (Å²) in [5.74, 6) is -0.188. The Hall–Kier alpha value is -2.50. The summed E-state index contributed by atoms with van der Waals surface area (Å²) in [5.41, 5.74) is 1.95. The lowest BCUT2D eigenvalue weighted by atomic mass is 10.1. The van der Waals surface area contributed by atoms with Gasteiger partial charge in [0.2, 0.25) is 11.8 Å². The van der Waals surface area contributed by atoms with Crippen LogP contribution in [0.2, 0.25) is 0 Å². The highest BCUT2D eigenvalue weighted by atomic mass is 16.4. The van der Waals surface area contributed by atoms with Gasteiger partial charge in [0.25, 0.3) is 11.7 Å². The minimum absolute atomic E-state index is 0.120. The number of hydrogen-bond acceptors (Lipinski definition) is 5. The molecule has 0 N–H and O–H groups in total. The number of rotatable bonds is 3. The van der Waals surface area contributed by atoms with Gasteiger partial charge in [-0.2, -0.15) is 0 Å². The largest absolute Gasteiger partial charge is 0.423 e. The molecule has 0 saturated carbocycles. The van der Waals surface area contributed by atoms with E-state index in [4.69, 9.17) is 4.42 Å². The molecule has 2 aromatic rings. The van der Waals surface area contributed by atoms with Crippen LogP contribution in [0.5, 0.6) is 0 Å². The summed E-state index contributed by atoms with van der Waals surface area (Å²) in [6.45, 7) is 3.89. The Morgan fingerprint density at radius 2 is 1.95 bits per heavy atom. The average molecular weight is 271 g/mol. The first kappa shape index (κ1) is 12.5. The molecule has 0 saturated heterocycles. The van der Waals surface area contributed by atoms with Crippen molar-refractivity contribution in [2.45, 2.75) is 26.8 Å². The number of ketones is 1. The van der Waals surface area contributed by atoms with E-state index in [0.717, 1.165) is 5.56 Å².